The van der Waals surface area contributed by atoms with Crippen molar-refractivity contribution in [2.24, 2.45) is 0 Å². The molecule has 0 saturated carbocycles. The molecule has 0 aromatic heterocycles. The van der Waals surface area contributed by atoms with Gasteiger partial charge in [-0.1, -0.05) is 47.2 Å². The lowest BCUT2D eigenvalue weighted by atomic mass is 10.2. The van der Waals surface area contributed by atoms with Crippen molar-refractivity contribution in [3.63, 3.8) is 0 Å². The number of benzene rings is 2. The summed E-state index contributed by atoms with van der Waals surface area (Å²) < 4.78 is 23.4. The predicted octanol–water partition coefficient (Wildman–Crippen LogP) is 5.18. The third-order valence-electron chi connectivity index (χ3n) is 3.55. The van der Waals surface area contributed by atoms with E-state index in [1.807, 2.05) is 38.1 Å². The van der Waals surface area contributed by atoms with Crippen LogP contribution in [0.2, 0.25) is 0 Å². The van der Waals surface area contributed by atoms with Crippen LogP contribution in [-0.2, 0) is 25.0 Å². The van der Waals surface area contributed by atoms with E-state index in [1.165, 1.54) is 22.1 Å². The Balaban J connectivity index is 2.15. The van der Waals surface area contributed by atoms with Gasteiger partial charge in [0.05, 0.1) is 13.2 Å². The fraction of sp³-hybridized carbons (Fsp3) is 0.222. The number of hydrogen-bond acceptors (Lipinski definition) is 3. The number of fused-ring (bicyclic) bond motifs is 3. The van der Waals surface area contributed by atoms with E-state index < -0.39 is 7.60 Å². The van der Waals surface area contributed by atoms with Crippen LogP contribution in [0.5, 0.6) is 0 Å². The first-order valence-corrected chi connectivity index (χ1v) is 10.1. The van der Waals surface area contributed by atoms with Crippen molar-refractivity contribution in [3.05, 3.63) is 48.5 Å². The molecule has 5 heteroatoms. The second kappa shape index (κ2) is 6.98. The van der Waals surface area contributed by atoms with E-state index in [1.54, 1.807) is 5.11 Å². The molecule has 0 aliphatic heterocycles. The largest absolute Gasteiger partial charge is 0.410 e. The summed E-state index contributed by atoms with van der Waals surface area (Å²) in [5, 5.41) is 6.36. The summed E-state index contributed by atoms with van der Waals surface area (Å²) in [6, 6.07) is 16.6. The molecule has 3 rings (SSSR count). The number of hydrogen-bond donors (Lipinski definition) is 0. The van der Waals surface area contributed by atoms with E-state index in [-0.39, 0.29) is 0 Å². The molecule has 120 valence electrons. The van der Waals surface area contributed by atoms with Crippen LogP contribution in [0.25, 0.3) is 21.5 Å². The van der Waals surface area contributed by atoms with Gasteiger partial charge in [-0.05, 0) is 13.8 Å². The predicted molar refractivity (Wildman–Crippen MR) is 99.6 cm³/mol. The van der Waals surface area contributed by atoms with E-state index >= 15 is 0 Å². The van der Waals surface area contributed by atoms with Gasteiger partial charge in [0, 0.05) is 0 Å². The Hall–Kier alpha value is -1.45. The van der Waals surface area contributed by atoms with Crippen molar-refractivity contribution >= 4 is 45.6 Å². The summed E-state index contributed by atoms with van der Waals surface area (Å²) in [6.07, 6.45) is 0. The fourth-order valence-corrected chi connectivity index (χ4v) is 5.51. The minimum Gasteiger partial charge on any atom is -0.303 e. The maximum Gasteiger partial charge on any atom is 0.410 e. The van der Waals surface area contributed by atoms with Crippen LogP contribution >= 0.6 is 7.60 Å². The first-order valence-electron chi connectivity index (χ1n) is 7.64. The standard InChI is InChI=1S/C18H19O3PS/c1-3-20-22(19,21-4-2)13-23-18-16-11-7-5-9-14(16)15-10-6-8-12-17(15)18/h5-13H,3-4H2,1-2H3. The Morgan fingerprint density at radius 2 is 1.43 bits per heavy atom. The first-order chi connectivity index (χ1) is 11.2. The lowest BCUT2D eigenvalue weighted by Gasteiger charge is -2.08. The maximum atomic E-state index is 12.7. The van der Waals surface area contributed by atoms with Crippen LogP contribution in [0, 0.1) is 0 Å². The first kappa shape index (κ1) is 16.4. The smallest absolute Gasteiger partial charge is 0.303 e. The molecule has 0 fully saturated rings. The van der Waals surface area contributed by atoms with Crippen LogP contribution in [0.1, 0.15) is 13.8 Å². The molecule has 0 aliphatic rings. The van der Waals surface area contributed by atoms with Gasteiger partial charge in [0.25, 0.3) is 5.11 Å². The molecular weight excluding hydrogens is 327 g/mol. The van der Waals surface area contributed by atoms with Gasteiger partial charge in [-0.15, -0.1) is 22.9 Å². The highest BCUT2D eigenvalue weighted by molar-refractivity contribution is 7.94. The van der Waals surface area contributed by atoms with E-state index in [4.69, 9.17) is 9.05 Å². The normalized spacial score (nSPS) is 12.6. The minimum atomic E-state index is -3.18. The lowest BCUT2D eigenvalue weighted by molar-refractivity contribution is 0.234. The molecule has 0 radical (unpaired) electrons. The summed E-state index contributed by atoms with van der Waals surface area (Å²) in [4.78, 5) is 1.09. The van der Waals surface area contributed by atoms with Crippen LogP contribution in [0.15, 0.2) is 53.4 Å². The van der Waals surface area contributed by atoms with Crippen LogP contribution in [0.3, 0.4) is 0 Å². The van der Waals surface area contributed by atoms with Crippen molar-refractivity contribution < 1.29 is 13.6 Å². The second-order valence-electron chi connectivity index (χ2n) is 5.02. The summed E-state index contributed by atoms with van der Waals surface area (Å²) in [7, 11) is -3.18. The van der Waals surface area contributed by atoms with E-state index in [2.05, 4.69) is 24.3 Å². The minimum absolute atomic E-state index is 0.358. The molecule has 0 aliphatic carbocycles. The van der Waals surface area contributed by atoms with E-state index in [0.29, 0.717) is 13.2 Å². The molecule has 0 bridgehead atoms. The molecular formula is C18H19O3PS. The molecule has 0 amide bonds. The summed E-state index contributed by atoms with van der Waals surface area (Å²) in [5.41, 5.74) is 0. The van der Waals surface area contributed by atoms with Gasteiger partial charge in [0.15, 0.2) is 16.2 Å². The highest BCUT2D eigenvalue weighted by Crippen LogP contribution is 2.45. The second-order valence-corrected chi connectivity index (χ2v) is 8.10. The van der Waals surface area contributed by atoms with Gasteiger partial charge < -0.3 is 9.05 Å². The Kier molecular flexibility index (Phi) is 4.98. The third-order valence-corrected chi connectivity index (χ3v) is 6.92. The lowest BCUT2D eigenvalue weighted by Crippen LogP contribution is -1.97. The van der Waals surface area contributed by atoms with Crippen LogP contribution < -0.4 is 0 Å². The molecule has 0 atom stereocenters. The third kappa shape index (κ3) is 3.26. The molecule has 0 N–H and O–H groups in total. The van der Waals surface area contributed by atoms with Crippen molar-refractivity contribution in [2.75, 3.05) is 13.2 Å². The molecule has 0 saturated heterocycles. The molecule has 3 aromatic rings. The summed E-state index contributed by atoms with van der Waals surface area (Å²) in [5.74, 6) is 0. The molecule has 3 nitrogen and oxygen atoms in total. The maximum absolute atomic E-state index is 12.7. The Morgan fingerprint density at radius 1 is 0.957 bits per heavy atom. The Bertz CT molecular complexity index is 834. The molecule has 0 heterocycles. The topological polar surface area (TPSA) is 35.5 Å². The Morgan fingerprint density at radius 3 is 1.91 bits per heavy atom. The molecule has 0 unspecified atom stereocenters. The van der Waals surface area contributed by atoms with Crippen LogP contribution in [-0.4, -0.2) is 18.3 Å². The van der Waals surface area contributed by atoms with Crippen LogP contribution in [0.4, 0.5) is 0 Å². The number of rotatable bonds is 6. The monoisotopic (exact) mass is 346 g/mol. The summed E-state index contributed by atoms with van der Waals surface area (Å²) in [6.45, 7) is 4.35. The fourth-order valence-electron chi connectivity index (χ4n) is 2.68. The van der Waals surface area contributed by atoms with Gasteiger partial charge >= 0.3 is 7.60 Å². The summed E-state index contributed by atoms with van der Waals surface area (Å²) >= 11 is 1.43. The van der Waals surface area contributed by atoms with Crippen molar-refractivity contribution in [1.82, 2.24) is 0 Å². The van der Waals surface area contributed by atoms with Crippen molar-refractivity contribution in [1.29, 1.82) is 0 Å². The molecule has 23 heavy (non-hydrogen) atoms. The van der Waals surface area contributed by atoms with Crippen molar-refractivity contribution in [3.8, 4) is 0 Å². The zero-order chi connectivity index (χ0) is 16.3. The van der Waals surface area contributed by atoms with Gasteiger partial charge in [-0.2, -0.15) is 0 Å². The van der Waals surface area contributed by atoms with Gasteiger partial charge in [-0.25, -0.2) is 4.57 Å². The van der Waals surface area contributed by atoms with Crippen molar-refractivity contribution in [2.45, 2.75) is 18.7 Å². The van der Waals surface area contributed by atoms with Gasteiger partial charge in [0.2, 0.25) is 0 Å². The highest BCUT2D eigenvalue weighted by Gasteiger charge is 2.26. The van der Waals surface area contributed by atoms with E-state index in [0.717, 1.165) is 15.7 Å². The molecule has 0 spiro atoms. The quantitative estimate of drug-likeness (QED) is 0.267. The average molecular weight is 346 g/mol. The van der Waals surface area contributed by atoms with E-state index in [9.17, 15) is 4.57 Å². The average Bonchev–Trinajstić information content (AvgIpc) is 2.88. The zero-order valence-electron chi connectivity index (χ0n) is 13.2. The molecule has 3 aromatic carbocycles. The Labute approximate surface area is 140 Å². The van der Waals surface area contributed by atoms with Gasteiger partial charge in [0.1, 0.15) is 0 Å². The highest BCUT2D eigenvalue weighted by atomic mass is 32.1. The van der Waals surface area contributed by atoms with Gasteiger partial charge in [-0.3, -0.25) is 0 Å². The SMILES string of the molecule is CCOP(=O)(C=[S+][c-]1c2ccccc2c2ccccc21)OCC. The zero-order valence-corrected chi connectivity index (χ0v) is 14.9.